The number of imidazole rings is 1. The van der Waals surface area contributed by atoms with Gasteiger partial charge in [-0.2, -0.15) is 0 Å². The van der Waals surface area contributed by atoms with Crippen LogP contribution in [-0.2, 0) is 5.41 Å². The number of aromatic nitrogens is 2. The van der Waals surface area contributed by atoms with E-state index in [9.17, 15) is 0 Å². The Morgan fingerprint density at radius 1 is 1.38 bits per heavy atom. The van der Waals surface area contributed by atoms with Gasteiger partial charge in [0.25, 0.3) is 0 Å². The molecule has 0 saturated carbocycles. The fourth-order valence-corrected chi connectivity index (χ4v) is 2.14. The van der Waals surface area contributed by atoms with Crippen LogP contribution in [0.15, 0.2) is 12.4 Å². The van der Waals surface area contributed by atoms with Gasteiger partial charge in [0.05, 0.1) is 5.69 Å². The van der Waals surface area contributed by atoms with Crippen molar-refractivity contribution in [2.45, 2.75) is 26.2 Å². The summed E-state index contributed by atoms with van der Waals surface area (Å²) in [6.45, 7) is 6.46. The van der Waals surface area contributed by atoms with Crippen molar-refractivity contribution in [3.05, 3.63) is 22.4 Å². The summed E-state index contributed by atoms with van der Waals surface area (Å²) in [5, 5.41) is 0. The molecule has 2 rings (SSSR count). The van der Waals surface area contributed by atoms with E-state index in [-0.39, 0.29) is 5.41 Å². The zero-order valence-corrected chi connectivity index (χ0v) is 9.41. The highest BCUT2D eigenvalue weighted by atomic mass is 35.5. The van der Waals surface area contributed by atoms with E-state index in [0.29, 0.717) is 0 Å². The van der Waals surface area contributed by atoms with Gasteiger partial charge in [-0.3, -0.25) is 4.40 Å². The monoisotopic (exact) mass is 214 g/mol. The first-order chi connectivity index (χ1) is 5.97. The van der Waals surface area contributed by atoms with Crippen LogP contribution in [0.3, 0.4) is 0 Å². The Morgan fingerprint density at radius 2 is 2.08 bits per heavy atom. The van der Waals surface area contributed by atoms with Crippen LogP contribution < -0.4 is 0 Å². The molecule has 0 aliphatic heterocycles. The van der Waals surface area contributed by atoms with Crippen molar-refractivity contribution < 1.29 is 0 Å². The van der Waals surface area contributed by atoms with E-state index in [0.717, 1.165) is 15.0 Å². The van der Waals surface area contributed by atoms with Gasteiger partial charge in [0.15, 0.2) is 4.96 Å². The van der Waals surface area contributed by atoms with Gasteiger partial charge in [-0.1, -0.05) is 43.7 Å². The molecule has 0 aromatic carbocycles. The van der Waals surface area contributed by atoms with Crippen LogP contribution in [0.1, 0.15) is 26.5 Å². The van der Waals surface area contributed by atoms with E-state index in [1.807, 2.05) is 16.8 Å². The highest BCUT2D eigenvalue weighted by molar-refractivity contribution is 7.20. The molecule has 2 aromatic rings. The van der Waals surface area contributed by atoms with Crippen molar-refractivity contribution in [3.63, 3.8) is 0 Å². The Bertz CT molecular complexity index is 404. The number of nitrogens with zero attached hydrogens (tertiary/aromatic N) is 2. The number of halogens is 1. The summed E-state index contributed by atoms with van der Waals surface area (Å²) in [5.74, 6) is 0. The highest BCUT2D eigenvalue weighted by Crippen LogP contribution is 2.27. The average Bonchev–Trinajstić information content (AvgIpc) is 2.40. The maximum Gasteiger partial charge on any atom is 0.195 e. The molecule has 2 nitrogen and oxygen atoms in total. The fourth-order valence-electron chi connectivity index (χ4n) is 1.13. The lowest BCUT2D eigenvalue weighted by Gasteiger charge is -2.13. The number of fused-ring (bicyclic) bond motifs is 1. The summed E-state index contributed by atoms with van der Waals surface area (Å²) in [7, 11) is 0. The smallest absolute Gasteiger partial charge is 0.195 e. The molecule has 0 aliphatic carbocycles. The van der Waals surface area contributed by atoms with E-state index >= 15 is 0 Å². The lowest BCUT2D eigenvalue weighted by atomic mass is 9.93. The predicted molar refractivity (Wildman–Crippen MR) is 56.8 cm³/mol. The third kappa shape index (κ3) is 1.58. The molecule has 0 atom stereocenters. The van der Waals surface area contributed by atoms with Crippen LogP contribution in [-0.4, -0.2) is 9.38 Å². The molecule has 0 amide bonds. The standard InChI is InChI=1S/C9H11ClN2S/c1-9(2,3)6-4-12-5-7(10)13-8(12)11-6/h4-5H,1-3H3. The Balaban J connectivity index is 2.57. The summed E-state index contributed by atoms with van der Waals surface area (Å²) in [4.78, 5) is 5.47. The molecule has 0 bridgehead atoms. The zero-order valence-electron chi connectivity index (χ0n) is 7.84. The van der Waals surface area contributed by atoms with Crippen LogP contribution in [0.25, 0.3) is 4.96 Å². The van der Waals surface area contributed by atoms with Gasteiger partial charge in [-0.05, 0) is 0 Å². The molecular weight excluding hydrogens is 204 g/mol. The van der Waals surface area contributed by atoms with Crippen molar-refractivity contribution in [1.29, 1.82) is 0 Å². The van der Waals surface area contributed by atoms with E-state index < -0.39 is 0 Å². The molecule has 0 aliphatic rings. The SMILES string of the molecule is CC(C)(C)c1cn2cc(Cl)sc2n1. The largest absolute Gasteiger partial charge is 0.296 e. The molecule has 13 heavy (non-hydrogen) atoms. The van der Waals surface area contributed by atoms with Gasteiger partial charge >= 0.3 is 0 Å². The predicted octanol–water partition coefficient (Wildman–Crippen LogP) is 3.35. The lowest BCUT2D eigenvalue weighted by Crippen LogP contribution is -2.11. The van der Waals surface area contributed by atoms with Crippen molar-refractivity contribution in [1.82, 2.24) is 9.38 Å². The van der Waals surface area contributed by atoms with Crippen LogP contribution in [0.5, 0.6) is 0 Å². The summed E-state index contributed by atoms with van der Waals surface area (Å²) >= 11 is 7.36. The molecule has 0 spiro atoms. The van der Waals surface area contributed by atoms with Crippen molar-refractivity contribution in [3.8, 4) is 0 Å². The number of rotatable bonds is 0. The second-order valence-corrected chi connectivity index (χ2v) is 5.74. The first-order valence-electron chi connectivity index (χ1n) is 4.11. The maximum absolute atomic E-state index is 5.85. The molecular formula is C9H11ClN2S. The van der Waals surface area contributed by atoms with Gasteiger partial charge in [0.2, 0.25) is 0 Å². The summed E-state index contributed by atoms with van der Waals surface area (Å²) in [6.07, 6.45) is 3.93. The normalized spacial score (nSPS) is 12.6. The third-order valence-corrected chi connectivity index (χ3v) is 3.01. The minimum atomic E-state index is 0.109. The minimum absolute atomic E-state index is 0.109. The highest BCUT2D eigenvalue weighted by Gasteiger charge is 2.18. The van der Waals surface area contributed by atoms with Crippen LogP contribution in [0, 0.1) is 0 Å². The maximum atomic E-state index is 5.85. The zero-order chi connectivity index (χ0) is 9.64. The van der Waals surface area contributed by atoms with Crippen molar-refractivity contribution >= 4 is 27.9 Å². The topological polar surface area (TPSA) is 17.3 Å². The van der Waals surface area contributed by atoms with Crippen LogP contribution >= 0.6 is 22.9 Å². The molecule has 0 fully saturated rings. The summed E-state index contributed by atoms with van der Waals surface area (Å²) < 4.78 is 2.76. The summed E-state index contributed by atoms with van der Waals surface area (Å²) in [5.41, 5.74) is 1.22. The fraction of sp³-hybridized carbons (Fsp3) is 0.444. The third-order valence-electron chi connectivity index (χ3n) is 1.90. The van der Waals surface area contributed by atoms with E-state index in [1.54, 1.807) is 0 Å². The van der Waals surface area contributed by atoms with Crippen molar-refractivity contribution in [2.75, 3.05) is 0 Å². The molecule has 2 heterocycles. The van der Waals surface area contributed by atoms with E-state index in [4.69, 9.17) is 11.6 Å². The first kappa shape index (κ1) is 9.03. The molecule has 0 unspecified atom stereocenters. The van der Waals surface area contributed by atoms with E-state index in [2.05, 4.69) is 25.8 Å². The molecule has 70 valence electrons. The van der Waals surface area contributed by atoms with E-state index in [1.165, 1.54) is 11.3 Å². The van der Waals surface area contributed by atoms with Gasteiger partial charge < -0.3 is 0 Å². The van der Waals surface area contributed by atoms with Gasteiger partial charge in [0.1, 0.15) is 4.34 Å². The number of hydrogen-bond donors (Lipinski definition) is 0. The lowest BCUT2D eigenvalue weighted by molar-refractivity contribution is 0.573. The van der Waals surface area contributed by atoms with Crippen molar-refractivity contribution in [2.24, 2.45) is 0 Å². The average molecular weight is 215 g/mol. The molecule has 0 radical (unpaired) electrons. The molecule has 0 N–H and O–H groups in total. The minimum Gasteiger partial charge on any atom is -0.296 e. The van der Waals surface area contributed by atoms with Crippen LogP contribution in [0.2, 0.25) is 4.34 Å². The van der Waals surface area contributed by atoms with Gasteiger partial charge in [-0.25, -0.2) is 4.98 Å². The Hall–Kier alpha value is -0.540. The number of thiazole rings is 1. The quantitative estimate of drug-likeness (QED) is 0.658. The Kier molecular flexibility index (Phi) is 1.89. The van der Waals surface area contributed by atoms with Gasteiger partial charge in [-0.15, -0.1) is 0 Å². The summed E-state index contributed by atoms with van der Waals surface area (Å²) in [6, 6.07) is 0. The van der Waals surface area contributed by atoms with Gasteiger partial charge in [0, 0.05) is 17.8 Å². The van der Waals surface area contributed by atoms with Crippen LogP contribution in [0.4, 0.5) is 0 Å². The molecule has 4 heteroatoms. The first-order valence-corrected chi connectivity index (χ1v) is 5.31. The second kappa shape index (κ2) is 2.72. The number of hydrogen-bond acceptors (Lipinski definition) is 2. The Morgan fingerprint density at radius 3 is 2.62 bits per heavy atom. The Labute approximate surface area is 86.2 Å². The molecule has 2 aromatic heterocycles. The second-order valence-electron chi connectivity index (χ2n) is 4.10. The molecule has 0 saturated heterocycles.